The molecular weight excluding hydrogens is 237 g/mol. The Morgan fingerprint density at radius 3 is 2.72 bits per heavy atom. The molecule has 0 aliphatic carbocycles. The quantitative estimate of drug-likeness (QED) is 0.812. The number of anilines is 1. The van der Waals surface area contributed by atoms with Gasteiger partial charge in [-0.1, -0.05) is 0 Å². The minimum Gasteiger partial charge on any atom is -0.381 e. The largest absolute Gasteiger partial charge is 0.381 e. The Kier molecular flexibility index (Phi) is 3.47. The minimum absolute atomic E-state index is 0.0381. The van der Waals surface area contributed by atoms with Crippen molar-refractivity contribution >= 4 is 11.7 Å². The fourth-order valence-electron chi connectivity index (χ4n) is 2.14. The maximum Gasteiger partial charge on any atom is 0.257 e. The van der Waals surface area contributed by atoms with Gasteiger partial charge < -0.3 is 15.4 Å². The molecule has 2 N–H and O–H groups in total. The maximum atomic E-state index is 13.7. The van der Waals surface area contributed by atoms with Crippen molar-refractivity contribution < 1.29 is 13.9 Å². The fourth-order valence-corrected chi connectivity index (χ4v) is 2.14. The van der Waals surface area contributed by atoms with Gasteiger partial charge in [0.05, 0.1) is 17.8 Å². The molecule has 1 amide bonds. The van der Waals surface area contributed by atoms with E-state index in [1.807, 2.05) is 13.8 Å². The first kappa shape index (κ1) is 12.8. The first-order chi connectivity index (χ1) is 8.49. The van der Waals surface area contributed by atoms with E-state index in [9.17, 15) is 9.18 Å². The Balaban J connectivity index is 2.23. The molecular formula is C12H16FN3O2. The molecule has 1 aromatic heterocycles. The second kappa shape index (κ2) is 4.89. The number of nitrogens with two attached hydrogens (primary N) is 1. The normalized spacial score (nSPS) is 24.1. The van der Waals surface area contributed by atoms with Crippen LogP contribution in [0.2, 0.25) is 0 Å². The van der Waals surface area contributed by atoms with Crippen LogP contribution in [0.25, 0.3) is 0 Å². The van der Waals surface area contributed by atoms with Crippen molar-refractivity contribution in [3.05, 3.63) is 23.6 Å². The molecule has 1 aliphatic rings. The van der Waals surface area contributed by atoms with Crippen LogP contribution in [0.4, 0.5) is 10.2 Å². The molecule has 6 heteroatoms. The second-order valence-electron chi connectivity index (χ2n) is 4.53. The van der Waals surface area contributed by atoms with E-state index < -0.39 is 5.82 Å². The molecule has 1 aliphatic heterocycles. The van der Waals surface area contributed by atoms with E-state index in [4.69, 9.17) is 10.5 Å². The van der Waals surface area contributed by atoms with Crippen LogP contribution in [0.1, 0.15) is 24.2 Å². The van der Waals surface area contributed by atoms with Gasteiger partial charge >= 0.3 is 0 Å². The summed E-state index contributed by atoms with van der Waals surface area (Å²) in [6, 6.07) is 1.35. The van der Waals surface area contributed by atoms with Crippen molar-refractivity contribution in [2.45, 2.75) is 26.1 Å². The van der Waals surface area contributed by atoms with E-state index in [1.165, 1.54) is 12.3 Å². The summed E-state index contributed by atoms with van der Waals surface area (Å²) in [5, 5.41) is 0. The zero-order valence-electron chi connectivity index (χ0n) is 10.4. The van der Waals surface area contributed by atoms with Crippen LogP contribution in [-0.4, -0.2) is 41.1 Å². The fraction of sp³-hybridized carbons (Fsp3) is 0.500. The van der Waals surface area contributed by atoms with Gasteiger partial charge in [0, 0.05) is 19.3 Å². The predicted molar refractivity (Wildman–Crippen MR) is 64.5 cm³/mol. The third kappa shape index (κ3) is 2.43. The Hall–Kier alpha value is -1.69. The lowest BCUT2D eigenvalue weighted by molar-refractivity contribution is -0.0587. The number of amides is 1. The van der Waals surface area contributed by atoms with E-state index in [0.717, 1.165) is 0 Å². The van der Waals surface area contributed by atoms with Crippen LogP contribution < -0.4 is 5.73 Å². The third-order valence-corrected chi connectivity index (χ3v) is 2.85. The van der Waals surface area contributed by atoms with Gasteiger partial charge in [0.1, 0.15) is 0 Å². The zero-order valence-corrected chi connectivity index (χ0v) is 10.4. The number of aromatic nitrogens is 1. The van der Waals surface area contributed by atoms with Gasteiger partial charge in [0.2, 0.25) is 0 Å². The summed E-state index contributed by atoms with van der Waals surface area (Å²) in [6.45, 7) is 4.66. The van der Waals surface area contributed by atoms with Gasteiger partial charge in [-0.3, -0.25) is 4.79 Å². The standard InChI is InChI=1S/C12H16FN3O2/c1-7-5-16(6-8(2)18-7)12(17)9-3-4-15-11(14)10(9)13/h3-4,7-8H,5-6H2,1-2H3,(H2,14,15)/t7-,8+. The number of pyridine rings is 1. The number of nitrogens with zero attached hydrogens (tertiary/aromatic N) is 2. The highest BCUT2D eigenvalue weighted by Gasteiger charge is 2.28. The number of hydrogen-bond acceptors (Lipinski definition) is 4. The molecule has 98 valence electrons. The van der Waals surface area contributed by atoms with E-state index in [-0.39, 0.29) is 29.5 Å². The number of carbonyl (C=O) groups is 1. The van der Waals surface area contributed by atoms with Gasteiger partial charge in [0.25, 0.3) is 5.91 Å². The molecule has 2 rings (SSSR count). The molecule has 2 atom stereocenters. The molecule has 5 nitrogen and oxygen atoms in total. The van der Waals surface area contributed by atoms with Crippen LogP contribution in [0, 0.1) is 5.82 Å². The number of carbonyl (C=O) groups excluding carboxylic acids is 1. The molecule has 1 fully saturated rings. The molecule has 0 unspecified atom stereocenters. The molecule has 0 radical (unpaired) electrons. The molecule has 18 heavy (non-hydrogen) atoms. The van der Waals surface area contributed by atoms with E-state index >= 15 is 0 Å². The van der Waals surface area contributed by atoms with Crippen LogP contribution in [0.5, 0.6) is 0 Å². The summed E-state index contributed by atoms with van der Waals surface area (Å²) in [4.78, 5) is 17.4. The zero-order chi connectivity index (χ0) is 13.3. The van der Waals surface area contributed by atoms with Crippen LogP contribution in [0.15, 0.2) is 12.3 Å². The molecule has 1 saturated heterocycles. The van der Waals surface area contributed by atoms with Gasteiger partial charge in [-0.15, -0.1) is 0 Å². The summed E-state index contributed by atoms with van der Waals surface area (Å²) >= 11 is 0. The minimum atomic E-state index is -0.755. The molecule has 0 saturated carbocycles. The molecule has 0 bridgehead atoms. The first-order valence-corrected chi connectivity index (χ1v) is 5.83. The molecule has 2 heterocycles. The number of morpholine rings is 1. The Labute approximate surface area is 105 Å². The van der Waals surface area contributed by atoms with Crippen LogP contribution in [-0.2, 0) is 4.74 Å². The average molecular weight is 253 g/mol. The number of ether oxygens (including phenoxy) is 1. The number of nitrogen functional groups attached to an aromatic ring is 1. The van der Waals surface area contributed by atoms with Crippen LogP contribution in [0.3, 0.4) is 0 Å². The lowest BCUT2D eigenvalue weighted by Gasteiger charge is -2.35. The lowest BCUT2D eigenvalue weighted by atomic mass is 10.1. The summed E-state index contributed by atoms with van der Waals surface area (Å²) in [5.74, 6) is -1.38. The summed E-state index contributed by atoms with van der Waals surface area (Å²) < 4.78 is 19.3. The van der Waals surface area contributed by atoms with E-state index in [2.05, 4.69) is 4.98 Å². The van der Waals surface area contributed by atoms with Crippen molar-refractivity contribution in [1.82, 2.24) is 9.88 Å². The number of rotatable bonds is 1. The van der Waals surface area contributed by atoms with Gasteiger partial charge in [-0.2, -0.15) is 0 Å². The second-order valence-corrected chi connectivity index (χ2v) is 4.53. The van der Waals surface area contributed by atoms with Crippen molar-refractivity contribution in [3.63, 3.8) is 0 Å². The lowest BCUT2D eigenvalue weighted by Crippen LogP contribution is -2.48. The highest BCUT2D eigenvalue weighted by atomic mass is 19.1. The van der Waals surface area contributed by atoms with Crippen molar-refractivity contribution in [2.75, 3.05) is 18.8 Å². The number of hydrogen-bond donors (Lipinski definition) is 1. The predicted octanol–water partition coefficient (Wildman–Crippen LogP) is 1.05. The van der Waals surface area contributed by atoms with Crippen molar-refractivity contribution in [3.8, 4) is 0 Å². The highest BCUT2D eigenvalue weighted by Crippen LogP contribution is 2.18. The maximum absolute atomic E-state index is 13.7. The van der Waals surface area contributed by atoms with E-state index in [0.29, 0.717) is 13.1 Å². The summed E-state index contributed by atoms with van der Waals surface area (Å²) in [6.07, 6.45) is 1.22. The Morgan fingerprint density at radius 2 is 2.11 bits per heavy atom. The van der Waals surface area contributed by atoms with Gasteiger partial charge in [-0.05, 0) is 19.9 Å². The number of halogens is 1. The highest BCUT2D eigenvalue weighted by molar-refractivity contribution is 5.95. The van der Waals surface area contributed by atoms with Gasteiger partial charge in [0.15, 0.2) is 11.6 Å². The average Bonchev–Trinajstić information content (AvgIpc) is 2.30. The van der Waals surface area contributed by atoms with E-state index in [1.54, 1.807) is 4.90 Å². The topological polar surface area (TPSA) is 68.5 Å². The molecule has 1 aromatic rings. The molecule has 0 spiro atoms. The smallest absolute Gasteiger partial charge is 0.257 e. The Morgan fingerprint density at radius 1 is 1.50 bits per heavy atom. The Bertz CT molecular complexity index is 457. The van der Waals surface area contributed by atoms with Gasteiger partial charge in [-0.25, -0.2) is 9.37 Å². The monoisotopic (exact) mass is 253 g/mol. The summed E-state index contributed by atoms with van der Waals surface area (Å²) in [5.41, 5.74) is 5.32. The molecule has 0 aromatic carbocycles. The van der Waals surface area contributed by atoms with Crippen LogP contribution >= 0.6 is 0 Å². The van der Waals surface area contributed by atoms with Crippen molar-refractivity contribution in [1.29, 1.82) is 0 Å². The SMILES string of the molecule is C[C@@H]1CN(C(=O)c2ccnc(N)c2F)C[C@H](C)O1. The van der Waals surface area contributed by atoms with Crippen molar-refractivity contribution in [2.24, 2.45) is 0 Å². The third-order valence-electron chi connectivity index (χ3n) is 2.85. The summed E-state index contributed by atoms with van der Waals surface area (Å²) in [7, 11) is 0. The first-order valence-electron chi connectivity index (χ1n) is 5.83.